The first-order chi connectivity index (χ1) is 13.8. The number of para-hydroxylation sites is 1. The van der Waals surface area contributed by atoms with E-state index in [9.17, 15) is 0 Å². The Bertz CT molecular complexity index is 735. The summed E-state index contributed by atoms with van der Waals surface area (Å²) in [4.78, 5) is 9.57. The predicted molar refractivity (Wildman–Crippen MR) is 131 cm³/mol. The normalized spacial score (nSPS) is 16.0. The quantitative estimate of drug-likeness (QED) is 0.238. The molecule has 2 N–H and O–H groups in total. The number of hydrogen-bond donors (Lipinski definition) is 2. The number of benzene rings is 1. The summed E-state index contributed by atoms with van der Waals surface area (Å²) in [6, 6.07) is 14.6. The van der Waals surface area contributed by atoms with Crippen molar-refractivity contribution in [3.8, 4) is 5.75 Å². The third kappa shape index (κ3) is 7.76. The Kier molecular flexibility index (Phi) is 10.8. The van der Waals surface area contributed by atoms with E-state index >= 15 is 0 Å². The van der Waals surface area contributed by atoms with Crippen LogP contribution in [-0.2, 0) is 4.74 Å². The monoisotopic (exact) mass is 530 g/mol. The Morgan fingerprint density at radius 3 is 2.59 bits per heavy atom. The Morgan fingerprint density at radius 1 is 1.17 bits per heavy atom. The molecular formula is C21H31IN4O2S. The molecule has 0 radical (unpaired) electrons. The van der Waals surface area contributed by atoms with Gasteiger partial charge in [0, 0.05) is 36.4 Å². The average molecular weight is 530 g/mol. The lowest BCUT2D eigenvalue weighted by atomic mass is 10.2. The van der Waals surface area contributed by atoms with Gasteiger partial charge in [-0.2, -0.15) is 0 Å². The first kappa shape index (κ1) is 23.9. The Balaban J connectivity index is 0.00000300. The summed E-state index contributed by atoms with van der Waals surface area (Å²) in [7, 11) is 1.80. The molecule has 2 aromatic rings. The van der Waals surface area contributed by atoms with E-state index in [0.717, 1.165) is 44.6 Å². The van der Waals surface area contributed by atoms with Crippen molar-refractivity contribution in [2.24, 2.45) is 4.99 Å². The molecule has 0 aliphatic carbocycles. The lowest BCUT2D eigenvalue weighted by Gasteiger charge is -2.34. The maximum atomic E-state index is 5.73. The number of ether oxygens (including phenoxy) is 2. The Morgan fingerprint density at radius 2 is 1.93 bits per heavy atom. The minimum Gasteiger partial charge on any atom is -0.492 e. The number of halogens is 1. The van der Waals surface area contributed by atoms with Crippen molar-refractivity contribution < 1.29 is 9.47 Å². The molecule has 3 rings (SSSR count). The van der Waals surface area contributed by atoms with Crippen LogP contribution in [0.1, 0.15) is 15.8 Å². The van der Waals surface area contributed by atoms with Crippen molar-refractivity contribution in [2.45, 2.75) is 13.0 Å². The van der Waals surface area contributed by atoms with Gasteiger partial charge in [0.25, 0.3) is 0 Å². The van der Waals surface area contributed by atoms with Gasteiger partial charge in [0.15, 0.2) is 5.96 Å². The highest BCUT2D eigenvalue weighted by Gasteiger charge is 2.24. The first-order valence-electron chi connectivity index (χ1n) is 9.77. The molecule has 1 aromatic heterocycles. The van der Waals surface area contributed by atoms with Crippen LogP contribution in [0.25, 0.3) is 0 Å². The molecule has 160 valence electrons. The van der Waals surface area contributed by atoms with Gasteiger partial charge in [0.1, 0.15) is 12.4 Å². The second-order valence-corrected chi connectivity index (χ2v) is 7.97. The molecule has 0 amide bonds. The molecular weight excluding hydrogens is 499 g/mol. The zero-order chi connectivity index (χ0) is 19.6. The number of hydrogen-bond acceptors (Lipinski definition) is 5. The van der Waals surface area contributed by atoms with Crippen LogP contribution in [0.15, 0.2) is 47.5 Å². The number of aryl methyl sites for hydroxylation is 1. The molecule has 6 nitrogen and oxygen atoms in total. The number of nitrogens with zero attached hydrogens (tertiary/aromatic N) is 2. The van der Waals surface area contributed by atoms with Crippen molar-refractivity contribution in [3.05, 3.63) is 52.2 Å². The summed E-state index contributed by atoms with van der Waals surface area (Å²) in [5.74, 6) is 1.68. The lowest BCUT2D eigenvalue weighted by molar-refractivity contribution is 0.0177. The van der Waals surface area contributed by atoms with E-state index in [1.165, 1.54) is 9.75 Å². The summed E-state index contributed by atoms with van der Waals surface area (Å²) in [6.07, 6.45) is 0. The Hall–Kier alpha value is -1.36. The minimum absolute atomic E-state index is 0. The number of nitrogens with one attached hydrogen (secondary N) is 2. The molecule has 0 saturated carbocycles. The van der Waals surface area contributed by atoms with Crippen molar-refractivity contribution in [1.82, 2.24) is 15.5 Å². The van der Waals surface area contributed by atoms with Crippen LogP contribution in [0.4, 0.5) is 0 Å². The third-order valence-corrected chi connectivity index (χ3v) is 5.77. The van der Waals surface area contributed by atoms with Crippen LogP contribution in [0.5, 0.6) is 5.75 Å². The molecule has 1 fully saturated rings. The highest BCUT2D eigenvalue weighted by atomic mass is 127. The van der Waals surface area contributed by atoms with Crippen molar-refractivity contribution in [2.75, 3.05) is 53.0 Å². The number of thiophene rings is 1. The second-order valence-electron chi connectivity index (χ2n) is 6.65. The molecule has 29 heavy (non-hydrogen) atoms. The van der Waals surface area contributed by atoms with Crippen molar-refractivity contribution >= 4 is 41.3 Å². The van der Waals surface area contributed by atoms with Gasteiger partial charge < -0.3 is 20.1 Å². The van der Waals surface area contributed by atoms with Gasteiger partial charge in [-0.3, -0.25) is 9.89 Å². The molecule has 1 aromatic carbocycles. The molecule has 0 bridgehead atoms. The van der Waals surface area contributed by atoms with Gasteiger partial charge >= 0.3 is 0 Å². The van der Waals surface area contributed by atoms with Crippen LogP contribution < -0.4 is 15.4 Å². The van der Waals surface area contributed by atoms with E-state index in [0.29, 0.717) is 19.2 Å². The van der Waals surface area contributed by atoms with Crippen LogP contribution >= 0.6 is 35.3 Å². The zero-order valence-corrected chi connectivity index (χ0v) is 20.2. The van der Waals surface area contributed by atoms with Crippen LogP contribution in [0.2, 0.25) is 0 Å². The van der Waals surface area contributed by atoms with Gasteiger partial charge in [-0.1, -0.05) is 18.2 Å². The second kappa shape index (κ2) is 13.0. The lowest BCUT2D eigenvalue weighted by Crippen LogP contribution is -2.46. The largest absolute Gasteiger partial charge is 0.492 e. The fourth-order valence-corrected chi connectivity index (χ4v) is 4.21. The maximum absolute atomic E-state index is 5.73. The van der Waals surface area contributed by atoms with E-state index in [4.69, 9.17) is 9.47 Å². The standard InChI is InChI=1S/C21H30N4O2S.HI/c1-17-8-9-20(28-17)19(25-11-14-26-15-12-25)16-24-21(22-2)23-10-13-27-18-6-4-3-5-7-18;/h3-9,19H,10-16H2,1-2H3,(H2,22,23,24);1H. The van der Waals surface area contributed by atoms with E-state index in [-0.39, 0.29) is 24.0 Å². The molecule has 0 spiro atoms. The number of guanidine groups is 1. The topological polar surface area (TPSA) is 58.1 Å². The highest BCUT2D eigenvalue weighted by Crippen LogP contribution is 2.27. The fraction of sp³-hybridized carbons (Fsp3) is 0.476. The van der Waals surface area contributed by atoms with Crippen LogP contribution in [-0.4, -0.2) is 63.9 Å². The Labute approximate surface area is 194 Å². The summed E-state index contributed by atoms with van der Waals surface area (Å²) >= 11 is 1.87. The highest BCUT2D eigenvalue weighted by molar-refractivity contribution is 14.0. The van der Waals surface area contributed by atoms with E-state index in [1.807, 2.05) is 41.7 Å². The minimum atomic E-state index is 0. The molecule has 1 saturated heterocycles. The fourth-order valence-electron chi connectivity index (χ4n) is 3.20. The van der Waals surface area contributed by atoms with Crippen LogP contribution in [0, 0.1) is 6.92 Å². The van der Waals surface area contributed by atoms with Gasteiger partial charge in [-0.25, -0.2) is 0 Å². The summed E-state index contributed by atoms with van der Waals surface area (Å²) in [6.45, 7) is 7.75. The van der Waals surface area contributed by atoms with E-state index in [1.54, 1.807) is 7.05 Å². The van der Waals surface area contributed by atoms with Gasteiger partial charge in [-0.15, -0.1) is 35.3 Å². The van der Waals surface area contributed by atoms with E-state index in [2.05, 4.69) is 39.6 Å². The van der Waals surface area contributed by atoms with Gasteiger partial charge in [0.2, 0.25) is 0 Å². The van der Waals surface area contributed by atoms with E-state index < -0.39 is 0 Å². The smallest absolute Gasteiger partial charge is 0.191 e. The molecule has 1 aliphatic heterocycles. The van der Waals surface area contributed by atoms with Gasteiger partial charge in [-0.05, 0) is 31.2 Å². The number of rotatable bonds is 8. The number of aliphatic imine (C=N–C) groups is 1. The SMILES string of the molecule is CN=C(NCCOc1ccccc1)NCC(c1ccc(C)s1)N1CCOCC1.I. The third-order valence-electron chi connectivity index (χ3n) is 4.67. The summed E-state index contributed by atoms with van der Waals surface area (Å²) in [5.41, 5.74) is 0. The summed E-state index contributed by atoms with van der Waals surface area (Å²) < 4.78 is 11.3. The molecule has 1 atom stereocenters. The zero-order valence-electron chi connectivity index (χ0n) is 17.1. The molecule has 8 heteroatoms. The average Bonchev–Trinajstić information content (AvgIpc) is 3.17. The maximum Gasteiger partial charge on any atom is 0.191 e. The molecule has 1 aliphatic rings. The van der Waals surface area contributed by atoms with Crippen molar-refractivity contribution in [3.63, 3.8) is 0 Å². The first-order valence-corrected chi connectivity index (χ1v) is 10.6. The molecule has 1 unspecified atom stereocenters. The summed E-state index contributed by atoms with van der Waals surface area (Å²) in [5, 5.41) is 6.81. The number of morpholine rings is 1. The predicted octanol–water partition coefficient (Wildman–Crippen LogP) is 3.29. The molecule has 2 heterocycles. The van der Waals surface area contributed by atoms with Gasteiger partial charge in [0.05, 0.1) is 25.8 Å². The van der Waals surface area contributed by atoms with Crippen molar-refractivity contribution in [1.29, 1.82) is 0 Å². The van der Waals surface area contributed by atoms with Crippen LogP contribution in [0.3, 0.4) is 0 Å².